The molecule has 9 aliphatic rings. The van der Waals surface area contributed by atoms with Crippen LogP contribution in [0, 0.1) is 34.0 Å². The highest BCUT2D eigenvalue weighted by atomic mass is 35.5. The highest BCUT2D eigenvalue weighted by molar-refractivity contribution is 7.22. The Morgan fingerprint density at radius 2 is 0.789 bits per heavy atom. The van der Waals surface area contributed by atoms with E-state index in [1.54, 1.807) is 36.4 Å². The summed E-state index contributed by atoms with van der Waals surface area (Å²) < 4.78 is 58.3. The number of pyridine rings is 3. The molecule has 15 heterocycles. The Morgan fingerprint density at radius 3 is 1.12 bits per heavy atom. The fourth-order valence-corrected chi connectivity index (χ4v) is 20.7. The van der Waals surface area contributed by atoms with Crippen LogP contribution >= 0.6 is 68.8 Å². The van der Waals surface area contributed by atoms with Crippen molar-refractivity contribution >= 4 is 204 Å². The number of rotatable bonds is 15. The first-order valence-corrected chi connectivity index (χ1v) is 44.1. The minimum Gasteiger partial charge on any atom is -0.454 e. The first kappa shape index (κ1) is 84.2. The largest absolute Gasteiger partial charge is 0.454 e. The molecule has 4 atom stereocenters. The molecule has 0 bridgehead atoms. The third kappa shape index (κ3) is 15.8. The number of carbonyl (C=O) groups excluding carboxylic acids is 6. The molecule has 32 nitrogen and oxygen atoms in total. The van der Waals surface area contributed by atoms with Gasteiger partial charge in [-0.3, -0.25) is 43.8 Å². The number of hydrogen-bond donors (Lipinski definition) is 6. The number of piperidine rings is 1. The van der Waals surface area contributed by atoms with E-state index in [0.29, 0.717) is 110 Å². The maximum Gasteiger partial charge on any atom is 0.331 e. The summed E-state index contributed by atoms with van der Waals surface area (Å²) >= 11 is 23.0. The number of nitriles is 3. The SMILES string of the molecule is CC1COCC(C)N1Cc1ccc(NC(=O)c2sc3ncc(C#N)c4c3c2NC(=O)N4c2c(Cl)ccc3c2OCO3)cc1.C[C@@H]1CN(Cc2ccc(NC(=O)c3sc4ncc(C#N)c5c4c3NC(=O)N5c3c(Cl)ccc4c3OCO4)cc2)C[C@H](C)O1.N#Cc1cnc2sc(C(=O)Nc3ccc(CN4CCC(F)CC4)cc3)c3c2c1N(c1c(Cl)ccc2c1OCO2)C(=O)N3. The van der Waals surface area contributed by atoms with Crippen LogP contribution < -0.4 is 75.0 Å². The van der Waals surface area contributed by atoms with Crippen molar-refractivity contribution in [2.45, 2.75) is 90.6 Å². The number of ether oxygens (including phenoxy) is 8. The fraction of sp³-hybridized carbons (Fsp3) is 0.258. The average molecular weight is 1840 g/mol. The number of fused-ring (bicyclic) bond motifs is 3. The molecule has 12 aromatic rings. The molecule has 6 N–H and O–H groups in total. The van der Waals surface area contributed by atoms with Crippen molar-refractivity contribution in [2.75, 3.05) is 106 Å². The predicted octanol–water partition coefficient (Wildman–Crippen LogP) is 18.6. The lowest BCUT2D eigenvalue weighted by Crippen LogP contribution is -2.48. The van der Waals surface area contributed by atoms with Crippen LogP contribution in [0.3, 0.4) is 0 Å². The number of amides is 9. The van der Waals surface area contributed by atoms with Gasteiger partial charge in [0, 0.05) is 93.5 Å². The van der Waals surface area contributed by atoms with Gasteiger partial charge in [0.25, 0.3) is 17.7 Å². The van der Waals surface area contributed by atoms with E-state index in [1.165, 1.54) is 33.3 Å². The van der Waals surface area contributed by atoms with Crippen molar-refractivity contribution in [3.8, 4) is 52.7 Å². The van der Waals surface area contributed by atoms with Crippen LogP contribution in [0.25, 0.3) is 30.6 Å². The van der Waals surface area contributed by atoms with E-state index >= 15 is 0 Å². The fourth-order valence-electron chi connectivity index (χ4n) is 17.0. The van der Waals surface area contributed by atoms with Crippen molar-refractivity contribution < 1.29 is 71.1 Å². The molecular formula is C89H72Cl3FN18O14S3. The molecule has 0 radical (unpaired) electrons. The van der Waals surface area contributed by atoms with Crippen molar-refractivity contribution in [1.29, 1.82) is 15.8 Å². The van der Waals surface area contributed by atoms with Gasteiger partial charge < -0.3 is 69.8 Å². The number of thiophene rings is 3. The second-order valence-electron chi connectivity index (χ2n) is 31.3. The summed E-state index contributed by atoms with van der Waals surface area (Å²) in [6.07, 6.45) is 4.89. The van der Waals surface area contributed by atoms with E-state index in [2.05, 4.69) is 107 Å². The number of nitrogens with zero attached hydrogens (tertiary/aromatic N) is 12. The molecule has 6 aromatic heterocycles. The molecule has 9 amide bonds. The number of aromatic nitrogens is 3. The topological polar surface area (TPSA) is 378 Å². The molecule has 648 valence electrons. The predicted molar refractivity (Wildman–Crippen MR) is 482 cm³/mol. The molecule has 6 aromatic carbocycles. The third-order valence-electron chi connectivity index (χ3n) is 22.8. The van der Waals surface area contributed by atoms with E-state index < -0.39 is 42.0 Å². The van der Waals surface area contributed by atoms with Crippen molar-refractivity contribution in [3.63, 3.8) is 0 Å². The summed E-state index contributed by atoms with van der Waals surface area (Å²) in [7, 11) is 0. The molecule has 0 spiro atoms. The lowest BCUT2D eigenvalue weighted by atomic mass is 10.1. The third-order valence-corrected chi connectivity index (χ3v) is 27.0. The standard InChI is InChI=1S/2C30H25ClN6O5S.C29H22ClFN6O4S/c1-15-12-40-13-16(2)36(15)11-17-3-5-19(6-4-17)34-28(38)27-23-22-24(18(9-32)10-33-29(22)43-27)37(30(39)35-23)25-20(31)7-8-21-26(25)42-14-41-21;1-15-11-36(12-16(2)42-15)13-17-3-5-19(6-4-17)34-28(38)27-23-22-24(18(9-32)10-33-29(22)43-27)37(30(39)35-23)25-20(31)7-8-21-26(25)41-14-40-21;30-19-5-6-20-25(41-14-40-20)24(19)37-23-16(11-32)12-33-28-21(23)22(35-29(37)39)26(42-28)27(38)34-18-3-1-15(2-4-18)13-36-9-7-17(31)8-10-36/h2*3-8,10,15-16H,11-14H2,1-2H3,(H,34,38)(H,35,39);1-6,12,17H,7-10,13-14H2,(H,34,38)(H,35,39)/t;15-,16+;. The molecular weight excluding hydrogens is 1770 g/mol. The van der Waals surface area contributed by atoms with Gasteiger partial charge in [-0.1, -0.05) is 71.2 Å². The average Bonchev–Trinajstić information content (AvgIpc) is 1.50. The number of nitrogens with one attached hydrogen (secondary N) is 6. The number of morpholine rings is 2. The van der Waals surface area contributed by atoms with Gasteiger partial charge in [-0.15, -0.1) is 34.0 Å². The minimum absolute atomic E-state index is 0.0321. The zero-order valence-electron chi connectivity index (χ0n) is 68.2. The zero-order chi connectivity index (χ0) is 88.6. The molecule has 128 heavy (non-hydrogen) atoms. The summed E-state index contributed by atoms with van der Waals surface area (Å²) in [6, 6.07) is 37.7. The Hall–Kier alpha value is -13.3. The molecule has 21 rings (SSSR count). The normalized spacial score (nSPS) is 18.4. The van der Waals surface area contributed by atoms with Crippen LogP contribution in [0.15, 0.2) is 128 Å². The van der Waals surface area contributed by atoms with E-state index in [4.69, 9.17) is 72.7 Å². The van der Waals surface area contributed by atoms with E-state index in [0.717, 1.165) is 90.0 Å². The van der Waals surface area contributed by atoms with Crippen LogP contribution in [0.1, 0.15) is 103 Å². The monoisotopic (exact) mass is 1840 g/mol. The molecule has 3 fully saturated rings. The summed E-state index contributed by atoms with van der Waals surface area (Å²) in [4.78, 5) is 108. The van der Waals surface area contributed by atoms with Gasteiger partial charge in [-0.25, -0.2) is 33.7 Å². The summed E-state index contributed by atoms with van der Waals surface area (Å²) in [6.45, 7) is 15.2. The molecule has 39 heteroatoms. The van der Waals surface area contributed by atoms with Gasteiger partial charge in [-0.2, -0.15) is 15.8 Å². The molecule has 2 unspecified atom stereocenters. The van der Waals surface area contributed by atoms with Crippen molar-refractivity contribution in [1.82, 2.24) is 29.7 Å². The van der Waals surface area contributed by atoms with Gasteiger partial charge in [0.2, 0.25) is 20.4 Å². The molecule has 3 saturated heterocycles. The van der Waals surface area contributed by atoms with Crippen molar-refractivity contribution in [2.24, 2.45) is 0 Å². The Balaban J connectivity index is 0.000000125. The number of likely N-dealkylation sites (tertiary alicyclic amines) is 1. The number of benzene rings is 6. The van der Waals surface area contributed by atoms with Crippen LogP contribution in [0.4, 0.5) is 87.0 Å². The van der Waals surface area contributed by atoms with Crippen LogP contribution in [0.5, 0.6) is 34.5 Å². The number of carbonyl (C=O) groups is 6. The van der Waals surface area contributed by atoms with Crippen LogP contribution in [-0.2, 0) is 29.1 Å². The first-order valence-electron chi connectivity index (χ1n) is 40.5. The number of halogens is 4. The van der Waals surface area contributed by atoms with Crippen LogP contribution in [-0.4, -0.2) is 156 Å². The van der Waals surface area contributed by atoms with E-state index in [9.17, 15) is 48.9 Å². The number of alkyl halides is 1. The highest BCUT2D eigenvalue weighted by Gasteiger charge is 2.44. The Labute approximate surface area is 755 Å². The maximum absolute atomic E-state index is 13.7. The maximum atomic E-state index is 13.7. The van der Waals surface area contributed by atoms with Gasteiger partial charge in [0.15, 0.2) is 34.5 Å². The molecule has 0 saturated carbocycles. The Kier molecular flexibility index (Phi) is 22.9. The number of hydrogen-bond acceptors (Lipinski definition) is 26. The summed E-state index contributed by atoms with van der Waals surface area (Å²) in [5, 5.41) is 49.2. The van der Waals surface area contributed by atoms with E-state index in [1.807, 2.05) is 72.8 Å². The summed E-state index contributed by atoms with van der Waals surface area (Å²) in [5.74, 6) is 0.864. The first-order chi connectivity index (χ1) is 62.0. The van der Waals surface area contributed by atoms with E-state index in [-0.39, 0.29) is 147 Å². The zero-order valence-corrected chi connectivity index (χ0v) is 72.9. The van der Waals surface area contributed by atoms with Gasteiger partial charge in [0.05, 0.1) is 107 Å². The lowest BCUT2D eigenvalue weighted by molar-refractivity contribution is -0.0705. The Morgan fingerprint density at radius 1 is 0.461 bits per heavy atom. The van der Waals surface area contributed by atoms with Gasteiger partial charge in [-0.05, 0) is 130 Å². The van der Waals surface area contributed by atoms with Gasteiger partial charge in [0.1, 0.15) is 70.6 Å². The number of anilines is 12. The second-order valence-corrected chi connectivity index (χ2v) is 35.5. The van der Waals surface area contributed by atoms with Gasteiger partial charge >= 0.3 is 18.1 Å². The highest BCUT2D eigenvalue weighted by Crippen LogP contribution is 2.58. The quantitative estimate of drug-likeness (QED) is 0.0555. The molecule has 9 aliphatic heterocycles. The van der Waals surface area contributed by atoms with Crippen molar-refractivity contribution in [3.05, 3.63) is 191 Å². The minimum atomic E-state index is -0.718. The van der Waals surface area contributed by atoms with Crippen LogP contribution in [0.2, 0.25) is 15.1 Å². The second kappa shape index (κ2) is 34.8. The Bertz CT molecular complexity index is 6720. The molecule has 0 aliphatic carbocycles. The lowest BCUT2D eigenvalue weighted by Gasteiger charge is -2.38. The number of urea groups is 3. The smallest absolute Gasteiger partial charge is 0.331 e. The summed E-state index contributed by atoms with van der Waals surface area (Å²) in [5.41, 5.74) is 7.85.